The Bertz CT molecular complexity index is 664. The van der Waals surface area contributed by atoms with Gasteiger partial charge in [-0.1, -0.05) is 48.6 Å². The van der Waals surface area contributed by atoms with Gasteiger partial charge < -0.3 is 10.2 Å². The number of ether oxygens (including phenoxy) is 1. The molecule has 1 saturated heterocycles. The Balaban J connectivity index is 1.72. The maximum absolute atomic E-state index is 6.03. The molecule has 0 saturated carbocycles. The first kappa shape index (κ1) is 13.7. The van der Waals surface area contributed by atoms with E-state index in [-0.39, 0.29) is 5.92 Å². The minimum absolute atomic E-state index is 0.0525. The summed E-state index contributed by atoms with van der Waals surface area (Å²) in [6.45, 7) is 2.12. The Hall–Kier alpha value is -1.91. The van der Waals surface area contributed by atoms with Crippen molar-refractivity contribution in [2.45, 2.75) is 18.8 Å². The van der Waals surface area contributed by atoms with Gasteiger partial charge in [0.05, 0.1) is 5.92 Å². The first-order chi connectivity index (χ1) is 10.8. The van der Waals surface area contributed by atoms with Crippen molar-refractivity contribution < 1.29 is 4.74 Å². The Morgan fingerprint density at radius 3 is 2.09 bits per heavy atom. The lowest BCUT2D eigenvalue weighted by molar-refractivity contribution is 0.294. The third kappa shape index (κ3) is 2.38. The molecule has 2 aliphatic heterocycles. The second kappa shape index (κ2) is 5.71. The number of nitrogens with one attached hydrogen (secondary N) is 1. The van der Waals surface area contributed by atoms with E-state index in [0.717, 1.165) is 40.7 Å². The Morgan fingerprint density at radius 2 is 1.50 bits per heavy atom. The van der Waals surface area contributed by atoms with Crippen LogP contribution >= 0.6 is 12.2 Å². The summed E-state index contributed by atoms with van der Waals surface area (Å²) in [5, 5.41) is 2.23. The zero-order chi connectivity index (χ0) is 14.9. The molecule has 0 aliphatic carbocycles. The predicted octanol–water partition coefficient (Wildman–Crippen LogP) is 3.85. The van der Waals surface area contributed by atoms with Crippen LogP contribution in [0, 0.1) is 0 Å². The van der Waals surface area contributed by atoms with Crippen molar-refractivity contribution in [2.75, 3.05) is 13.1 Å². The molecule has 2 aliphatic rings. The quantitative estimate of drug-likeness (QED) is 0.852. The van der Waals surface area contributed by atoms with Gasteiger partial charge in [-0.25, -0.2) is 5.01 Å². The molecule has 4 rings (SSSR count). The zero-order valence-electron chi connectivity index (χ0n) is 12.3. The molecule has 0 atom stereocenters. The van der Waals surface area contributed by atoms with Crippen LogP contribution in [0.4, 0.5) is 0 Å². The minimum Gasteiger partial charge on any atom is -0.457 e. The number of para-hydroxylation sites is 2. The van der Waals surface area contributed by atoms with Crippen molar-refractivity contribution in [3.63, 3.8) is 0 Å². The standard InChI is InChI=1S/C18H18N2OS/c22-18(19-20-11-5-6-12-20)17-13-7-1-3-9-15(13)21-16-10-4-2-8-14(16)17/h1-4,7-10,17H,5-6,11-12H2,(H,19,22). The summed E-state index contributed by atoms with van der Waals surface area (Å²) in [5.41, 5.74) is 5.71. The summed E-state index contributed by atoms with van der Waals surface area (Å²) < 4.78 is 6.03. The molecule has 1 fully saturated rings. The molecule has 0 amide bonds. The van der Waals surface area contributed by atoms with Gasteiger partial charge in [0.2, 0.25) is 0 Å². The Morgan fingerprint density at radius 1 is 0.955 bits per heavy atom. The SMILES string of the molecule is S=C(NN1CCCC1)C1c2ccccc2Oc2ccccc21. The fourth-order valence-electron chi connectivity index (χ4n) is 3.24. The number of thiocarbonyl (C=S) groups is 1. The van der Waals surface area contributed by atoms with Gasteiger partial charge in [-0.05, 0) is 25.0 Å². The third-order valence-corrected chi connectivity index (χ3v) is 4.64. The maximum Gasteiger partial charge on any atom is 0.131 e. The van der Waals surface area contributed by atoms with Crippen LogP contribution in [-0.4, -0.2) is 23.1 Å². The van der Waals surface area contributed by atoms with Crippen molar-refractivity contribution in [2.24, 2.45) is 0 Å². The van der Waals surface area contributed by atoms with Crippen LogP contribution in [0.1, 0.15) is 29.9 Å². The molecule has 1 N–H and O–H groups in total. The number of benzene rings is 2. The fourth-order valence-corrected chi connectivity index (χ4v) is 3.62. The smallest absolute Gasteiger partial charge is 0.131 e. The molecule has 0 unspecified atom stereocenters. The van der Waals surface area contributed by atoms with Crippen LogP contribution in [0.3, 0.4) is 0 Å². The first-order valence-corrected chi connectivity index (χ1v) is 8.15. The van der Waals surface area contributed by atoms with Crippen molar-refractivity contribution in [3.8, 4) is 11.5 Å². The normalized spacial score (nSPS) is 17.5. The average Bonchev–Trinajstić information content (AvgIpc) is 3.05. The van der Waals surface area contributed by atoms with Gasteiger partial charge >= 0.3 is 0 Å². The Kier molecular flexibility index (Phi) is 3.56. The van der Waals surface area contributed by atoms with Crippen molar-refractivity contribution in [1.29, 1.82) is 0 Å². The highest BCUT2D eigenvalue weighted by atomic mass is 32.1. The van der Waals surface area contributed by atoms with E-state index in [2.05, 4.69) is 22.6 Å². The van der Waals surface area contributed by atoms with Crippen LogP contribution in [-0.2, 0) is 0 Å². The van der Waals surface area contributed by atoms with E-state index < -0.39 is 0 Å². The van der Waals surface area contributed by atoms with E-state index in [1.54, 1.807) is 0 Å². The monoisotopic (exact) mass is 310 g/mol. The highest BCUT2D eigenvalue weighted by Gasteiger charge is 2.30. The number of nitrogens with zero attached hydrogens (tertiary/aromatic N) is 1. The highest BCUT2D eigenvalue weighted by molar-refractivity contribution is 7.80. The summed E-state index contributed by atoms with van der Waals surface area (Å²) in [6, 6.07) is 16.3. The number of hydrazine groups is 1. The lowest BCUT2D eigenvalue weighted by Crippen LogP contribution is -2.42. The molecule has 0 radical (unpaired) electrons. The van der Waals surface area contributed by atoms with Crippen LogP contribution in [0.2, 0.25) is 0 Å². The molecule has 0 aromatic heterocycles. The van der Waals surface area contributed by atoms with Crippen LogP contribution in [0.25, 0.3) is 0 Å². The summed E-state index contributed by atoms with van der Waals surface area (Å²) in [7, 11) is 0. The molecule has 3 nitrogen and oxygen atoms in total. The van der Waals surface area contributed by atoms with Gasteiger partial charge in [0.1, 0.15) is 16.5 Å². The van der Waals surface area contributed by atoms with Gasteiger partial charge in [-0.3, -0.25) is 0 Å². The lowest BCUT2D eigenvalue weighted by Gasteiger charge is -2.30. The lowest BCUT2D eigenvalue weighted by atomic mass is 9.88. The summed E-state index contributed by atoms with van der Waals surface area (Å²) in [6.07, 6.45) is 2.47. The molecule has 112 valence electrons. The average molecular weight is 310 g/mol. The highest BCUT2D eigenvalue weighted by Crippen LogP contribution is 2.44. The van der Waals surface area contributed by atoms with Gasteiger partial charge in [0.25, 0.3) is 0 Å². The van der Waals surface area contributed by atoms with Crippen LogP contribution in [0.5, 0.6) is 11.5 Å². The second-order valence-corrected chi connectivity index (χ2v) is 6.22. The van der Waals surface area contributed by atoms with Crippen molar-refractivity contribution >= 4 is 17.2 Å². The molecule has 0 bridgehead atoms. The molecule has 0 spiro atoms. The second-order valence-electron chi connectivity index (χ2n) is 5.78. The van der Waals surface area contributed by atoms with E-state index in [4.69, 9.17) is 17.0 Å². The van der Waals surface area contributed by atoms with Gasteiger partial charge in [-0.2, -0.15) is 0 Å². The molecule has 4 heteroatoms. The predicted molar refractivity (Wildman–Crippen MR) is 91.3 cm³/mol. The topological polar surface area (TPSA) is 24.5 Å². The Labute approximate surface area is 135 Å². The van der Waals surface area contributed by atoms with Crippen molar-refractivity contribution in [3.05, 3.63) is 59.7 Å². The van der Waals surface area contributed by atoms with Gasteiger partial charge in [0, 0.05) is 24.2 Å². The summed E-state index contributed by atoms with van der Waals surface area (Å²) in [4.78, 5) is 0.852. The fraction of sp³-hybridized carbons (Fsp3) is 0.278. The summed E-state index contributed by atoms with van der Waals surface area (Å²) in [5.74, 6) is 1.85. The van der Waals surface area contributed by atoms with E-state index in [1.165, 1.54) is 12.8 Å². The summed E-state index contributed by atoms with van der Waals surface area (Å²) >= 11 is 5.75. The number of rotatable bonds is 2. The third-order valence-electron chi connectivity index (χ3n) is 4.32. The van der Waals surface area contributed by atoms with Crippen LogP contribution < -0.4 is 10.2 Å². The molecule has 2 heterocycles. The van der Waals surface area contributed by atoms with E-state index in [1.807, 2.05) is 36.4 Å². The van der Waals surface area contributed by atoms with E-state index >= 15 is 0 Å². The zero-order valence-corrected chi connectivity index (χ0v) is 13.1. The largest absolute Gasteiger partial charge is 0.457 e. The van der Waals surface area contributed by atoms with Crippen molar-refractivity contribution in [1.82, 2.24) is 10.4 Å². The van der Waals surface area contributed by atoms with Crippen LogP contribution in [0.15, 0.2) is 48.5 Å². The molecular weight excluding hydrogens is 292 g/mol. The van der Waals surface area contributed by atoms with Gasteiger partial charge in [0.15, 0.2) is 0 Å². The number of hydrogen-bond donors (Lipinski definition) is 1. The molecular formula is C18H18N2OS. The minimum atomic E-state index is 0.0525. The number of fused-ring (bicyclic) bond motifs is 2. The maximum atomic E-state index is 6.03. The molecule has 2 aromatic rings. The van der Waals surface area contributed by atoms with E-state index in [9.17, 15) is 0 Å². The first-order valence-electron chi connectivity index (χ1n) is 7.74. The molecule has 22 heavy (non-hydrogen) atoms. The molecule has 2 aromatic carbocycles. The van der Waals surface area contributed by atoms with E-state index in [0.29, 0.717) is 0 Å². The number of hydrogen-bond acceptors (Lipinski definition) is 3. The van der Waals surface area contributed by atoms with Gasteiger partial charge in [-0.15, -0.1) is 0 Å².